The Bertz CT molecular complexity index is 979. The number of urea groups is 1. The van der Waals surface area contributed by atoms with Crippen molar-refractivity contribution in [3.63, 3.8) is 0 Å². The fourth-order valence-electron chi connectivity index (χ4n) is 4.51. The highest BCUT2D eigenvalue weighted by atomic mass is 16.5. The number of nitrogens with one attached hydrogen (secondary N) is 2. The highest BCUT2D eigenvalue weighted by Gasteiger charge is 2.29. The number of hydrogen-bond donors (Lipinski definition) is 2. The Morgan fingerprint density at radius 3 is 2.48 bits per heavy atom. The minimum absolute atomic E-state index is 0.115. The average Bonchev–Trinajstić information content (AvgIpc) is 3.10. The van der Waals surface area contributed by atoms with Crippen LogP contribution in [0.4, 0.5) is 10.5 Å². The molecule has 0 aliphatic heterocycles. The number of esters is 1. The van der Waals surface area contributed by atoms with E-state index in [1.54, 1.807) is 39.3 Å². The summed E-state index contributed by atoms with van der Waals surface area (Å²) in [4.78, 5) is 31.1. The van der Waals surface area contributed by atoms with Gasteiger partial charge in [0.2, 0.25) is 0 Å². The molecule has 0 spiro atoms. The third kappa shape index (κ3) is 5.61. The van der Waals surface area contributed by atoms with Gasteiger partial charge in [0.1, 0.15) is 11.5 Å². The number of ether oxygens (including phenoxy) is 3. The lowest BCUT2D eigenvalue weighted by Gasteiger charge is -2.34. The van der Waals surface area contributed by atoms with Gasteiger partial charge in [-0.05, 0) is 51.3 Å². The summed E-state index contributed by atoms with van der Waals surface area (Å²) in [5, 5.41) is 3.01. The number of anilines is 1. The second-order valence-corrected chi connectivity index (χ2v) is 8.37. The number of aromatic nitrogens is 1. The van der Waals surface area contributed by atoms with Crippen LogP contribution in [0, 0.1) is 13.8 Å². The summed E-state index contributed by atoms with van der Waals surface area (Å²) in [6.07, 6.45) is 5.27. The van der Waals surface area contributed by atoms with Crippen molar-refractivity contribution in [3.8, 4) is 11.5 Å². The predicted octanol–water partition coefficient (Wildman–Crippen LogP) is 5.19. The van der Waals surface area contributed by atoms with Gasteiger partial charge in [-0.1, -0.05) is 19.3 Å². The van der Waals surface area contributed by atoms with Crippen molar-refractivity contribution in [2.45, 2.75) is 65.5 Å². The van der Waals surface area contributed by atoms with Gasteiger partial charge in [0, 0.05) is 23.5 Å². The first kappa shape index (κ1) is 24.5. The molecule has 1 aliphatic rings. The molecule has 1 aromatic heterocycles. The number of amides is 2. The van der Waals surface area contributed by atoms with E-state index in [1.165, 1.54) is 6.42 Å². The molecule has 2 amide bonds. The number of nitrogens with zero attached hydrogens (tertiary/aromatic N) is 1. The number of carbonyl (C=O) groups is 2. The zero-order valence-electron chi connectivity index (χ0n) is 20.2. The number of rotatable bonds is 8. The van der Waals surface area contributed by atoms with Crippen molar-refractivity contribution in [2.24, 2.45) is 0 Å². The molecular formula is C25H35N3O5. The topological polar surface area (TPSA) is 92.9 Å². The Morgan fingerprint density at radius 1 is 1.12 bits per heavy atom. The SMILES string of the molecule is CCOC(=O)c1c(C)[nH]c(CN(C(=O)Nc2cc(OC)ccc2OC)C2CCCCC2)c1C. The first-order valence-electron chi connectivity index (χ1n) is 11.5. The molecule has 0 radical (unpaired) electrons. The minimum atomic E-state index is -0.343. The van der Waals surface area contributed by atoms with E-state index in [4.69, 9.17) is 14.2 Å². The van der Waals surface area contributed by atoms with Crippen LogP contribution in [0.3, 0.4) is 0 Å². The molecule has 1 heterocycles. The van der Waals surface area contributed by atoms with Crippen molar-refractivity contribution in [2.75, 3.05) is 26.1 Å². The molecule has 0 atom stereocenters. The zero-order valence-corrected chi connectivity index (χ0v) is 20.2. The van der Waals surface area contributed by atoms with Crippen LogP contribution < -0.4 is 14.8 Å². The van der Waals surface area contributed by atoms with E-state index in [0.717, 1.165) is 42.6 Å². The fraction of sp³-hybridized carbons (Fsp3) is 0.520. The van der Waals surface area contributed by atoms with Gasteiger partial charge in [-0.2, -0.15) is 0 Å². The van der Waals surface area contributed by atoms with Crippen molar-refractivity contribution in [3.05, 3.63) is 40.7 Å². The summed E-state index contributed by atoms with van der Waals surface area (Å²) >= 11 is 0. The molecule has 180 valence electrons. The lowest BCUT2D eigenvalue weighted by molar-refractivity contribution is 0.0525. The van der Waals surface area contributed by atoms with Crippen LogP contribution in [0.5, 0.6) is 11.5 Å². The van der Waals surface area contributed by atoms with Gasteiger partial charge >= 0.3 is 12.0 Å². The molecule has 1 aromatic carbocycles. The fourth-order valence-corrected chi connectivity index (χ4v) is 4.51. The van der Waals surface area contributed by atoms with Gasteiger partial charge in [0.15, 0.2) is 0 Å². The van der Waals surface area contributed by atoms with Crippen molar-refractivity contribution < 1.29 is 23.8 Å². The zero-order chi connectivity index (χ0) is 24.0. The second kappa shape index (κ2) is 11.1. The second-order valence-electron chi connectivity index (χ2n) is 8.37. The molecule has 8 nitrogen and oxygen atoms in total. The maximum absolute atomic E-state index is 13.5. The van der Waals surface area contributed by atoms with E-state index in [1.807, 2.05) is 18.7 Å². The Balaban J connectivity index is 1.89. The largest absolute Gasteiger partial charge is 0.497 e. The molecule has 0 saturated heterocycles. The van der Waals surface area contributed by atoms with Crippen LogP contribution in [-0.2, 0) is 11.3 Å². The van der Waals surface area contributed by atoms with Crippen LogP contribution in [0.1, 0.15) is 66.3 Å². The van der Waals surface area contributed by atoms with Crippen molar-refractivity contribution >= 4 is 17.7 Å². The number of hydrogen-bond acceptors (Lipinski definition) is 5. The van der Waals surface area contributed by atoms with Crippen LogP contribution >= 0.6 is 0 Å². The van der Waals surface area contributed by atoms with Gasteiger partial charge in [-0.3, -0.25) is 0 Å². The number of methoxy groups -OCH3 is 2. The van der Waals surface area contributed by atoms with E-state index in [2.05, 4.69) is 10.3 Å². The molecule has 0 bridgehead atoms. The average molecular weight is 458 g/mol. The maximum Gasteiger partial charge on any atom is 0.340 e. The molecule has 1 saturated carbocycles. The van der Waals surface area contributed by atoms with Gasteiger partial charge in [-0.25, -0.2) is 9.59 Å². The lowest BCUT2D eigenvalue weighted by atomic mass is 9.94. The standard InChI is InChI=1S/C25H35N3O5/c1-6-33-24(29)23-16(2)21(26-17(23)3)15-28(18-10-8-7-9-11-18)25(30)27-20-14-19(31-4)12-13-22(20)32-5/h12-14,18,26H,6-11,15H2,1-5H3,(H,27,30). The molecule has 8 heteroatoms. The quantitative estimate of drug-likeness (QED) is 0.532. The van der Waals surface area contributed by atoms with E-state index >= 15 is 0 Å². The highest BCUT2D eigenvalue weighted by molar-refractivity contribution is 5.93. The number of aryl methyl sites for hydroxylation is 1. The number of H-pyrrole nitrogens is 1. The molecule has 1 aliphatic carbocycles. The number of aromatic amines is 1. The van der Waals surface area contributed by atoms with E-state index < -0.39 is 0 Å². The summed E-state index contributed by atoms with van der Waals surface area (Å²) in [7, 11) is 3.15. The Labute approximate surface area is 195 Å². The van der Waals surface area contributed by atoms with Gasteiger partial charge in [0.25, 0.3) is 0 Å². The molecule has 1 fully saturated rings. The van der Waals surface area contributed by atoms with Gasteiger partial charge in [0.05, 0.1) is 38.6 Å². The van der Waals surface area contributed by atoms with Crippen LogP contribution in [0.2, 0.25) is 0 Å². The van der Waals surface area contributed by atoms with Gasteiger partial charge < -0.3 is 29.4 Å². The summed E-state index contributed by atoms with van der Waals surface area (Å²) in [5.41, 5.74) is 3.51. The Hall–Kier alpha value is -3.16. The number of carbonyl (C=O) groups excluding carboxylic acids is 2. The molecule has 0 unspecified atom stereocenters. The number of benzene rings is 1. The minimum Gasteiger partial charge on any atom is -0.497 e. The first-order chi connectivity index (χ1) is 15.9. The smallest absolute Gasteiger partial charge is 0.340 e. The third-order valence-electron chi connectivity index (χ3n) is 6.27. The molecular weight excluding hydrogens is 422 g/mol. The predicted molar refractivity (Wildman–Crippen MR) is 127 cm³/mol. The maximum atomic E-state index is 13.5. The summed E-state index contributed by atoms with van der Waals surface area (Å²) < 4.78 is 16.0. The lowest BCUT2D eigenvalue weighted by Crippen LogP contribution is -2.43. The first-order valence-corrected chi connectivity index (χ1v) is 11.5. The van der Waals surface area contributed by atoms with Crippen molar-refractivity contribution in [1.29, 1.82) is 0 Å². The monoisotopic (exact) mass is 457 g/mol. The van der Waals surface area contributed by atoms with Crippen LogP contribution in [0.25, 0.3) is 0 Å². The highest BCUT2D eigenvalue weighted by Crippen LogP contribution is 2.31. The van der Waals surface area contributed by atoms with E-state index in [0.29, 0.717) is 35.9 Å². The summed E-state index contributed by atoms with van der Waals surface area (Å²) in [5.74, 6) is 0.847. The summed E-state index contributed by atoms with van der Waals surface area (Å²) in [6, 6.07) is 5.21. The normalized spacial score (nSPS) is 14.0. The molecule has 2 aromatic rings. The molecule has 3 rings (SSSR count). The van der Waals surface area contributed by atoms with Gasteiger partial charge in [-0.15, -0.1) is 0 Å². The Morgan fingerprint density at radius 2 is 1.85 bits per heavy atom. The van der Waals surface area contributed by atoms with Crippen molar-refractivity contribution in [1.82, 2.24) is 9.88 Å². The van der Waals surface area contributed by atoms with E-state index in [-0.39, 0.29) is 18.0 Å². The molecule has 33 heavy (non-hydrogen) atoms. The van der Waals surface area contributed by atoms with Crippen LogP contribution in [-0.4, -0.2) is 48.8 Å². The van der Waals surface area contributed by atoms with E-state index in [9.17, 15) is 9.59 Å². The third-order valence-corrected chi connectivity index (χ3v) is 6.27. The summed E-state index contributed by atoms with van der Waals surface area (Å²) in [6.45, 7) is 6.23. The van der Waals surface area contributed by atoms with Crippen LogP contribution in [0.15, 0.2) is 18.2 Å². The molecule has 2 N–H and O–H groups in total. The Kier molecular flexibility index (Phi) is 8.25.